The zero-order valence-electron chi connectivity index (χ0n) is 50.5. The van der Waals surface area contributed by atoms with E-state index in [1.807, 2.05) is 61.5 Å². The highest BCUT2D eigenvalue weighted by Crippen LogP contribution is 2.29. The molecular formula is C60H82N20O10. The molecule has 5 aromatic rings. The largest absolute Gasteiger partial charge is 0.370 e. The van der Waals surface area contributed by atoms with Crippen molar-refractivity contribution in [3.05, 3.63) is 95.9 Å². The summed E-state index contributed by atoms with van der Waals surface area (Å²) >= 11 is 0. The average Bonchev–Trinajstić information content (AvgIpc) is 1.74. The number of H-pyrrole nitrogens is 1. The summed E-state index contributed by atoms with van der Waals surface area (Å²) in [5, 5.41) is 32.7. The van der Waals surface area contributed by atoms with E-state index >= 15 is 14.4 Å². The molecule has 0 spiro atoms. The molecule has 2 aliphatic heterocycles. The molecule has 2 fully saturated rings. The fraction of sp³-hybridized carbons (Fsp3) is 0.467. The van der Waals surface area contributed by atoms with Gasteiger partial charge in [0.2, 0.25) is 59.1 Å². The number of unbranched alkanes of at least 4 members (excludes halogenated alkanes) is 1. The van der Waals surface area contributed by atoms with Crippen molar-refractivity contribution in [2.45, 2.75) is 146 Å². The van der Waals surface area contributed by atoms with Crippen LogP contribution < -0.4 is 71.2 Å². The van der Waals surface area contributed by atoms with E-state index in [1.165, 1.54) is 16.5 Å². The van der Waals surface area contributed by atoms with E-state index in [0.717, 1.165) is 21.7 Å². The Hall–Kier alpha value is -10.2. The van der Waals surface area contributed by atoms with Crippen LogP contribution in [-0.2, 0) is 67.2 Å². The molecule has 90 heavy (non-hydrogen) atoms. The molecule has 4 heterocycles. The summed E-state index contributed by atoms with van der Waals surface area (Å²) in [5.74, 6) is -8.19. The van der Waals surface area contributed by atoms with Gasteiger partial charge in [-0.2, -0.15) is 0 Å². The van der Waals surface area contributed by atoms with Crippen LogP contribution in [0.4, 0.5) is 0 Å². The number of aromatic nitrogens is 4. The zero-order valence-corrected chi connectivity index (χ0v) is 50.5. The van der Waals surface area contributed by atoms with Gasteiger partial charge in [0.05, 0.1) is 24.7 Å². The Labute approximate surface area is 519 Å². The number of nitrogens with two attached hydrogens (primary N) is 5. The Kier molecular flexibility index (Phi) is 24.5. The molecule has 2 aliphatic rings. The second-order valence-corrected chi connectivity index (χ2v) is 22.5. The zero-order chi connectivity index (χ0) is 64.9. The smallest absolute Gasteiger partial charge is 0.246 e. The van der Waals surface area contributed by atoms with Crippen molar-refractivity contribution < 1.29 is 47.9 Å². The van der Waals surface area contributed by atoms with Crippen LogP contribution in [0.15, 0.2) is 89.1 Å². The summed E-state index contributed by atoms with van der Waals surface area (Å²) in [6.45, 7) is 2.46. The molecular weight excluding hydrogens is 1160 g/mol. The van der Waals surface area contributed by atoms with Crippen LogP contribution in [0.5, 0.6) is 0 Å². The molecule has 0 aliphatic carbocycles. The maximum absolute atomic E-state index is 15.4. The first-order chi connectivity index (χ1) is 43.1. The molecule has 2 aromatic heterocycles. The lowest BCUT2D eigenvalue weighted by molar-refractivity contribution is -0.143. The van der Waals surface area contributed by atoms with Crippen molar-refractivity contribution in [1.82, 2.24) is 67.4 Å². The number of nitrogens with zero attached hydrogens (tertiary/aromatic N) is 6. The third-order valence-corrected chi connectivity index (χ3v) is 15.5. The maximum atomic E-state index is 15.4. The van der Waals surface area contributed by atoms with Crippen molar-refractivity contribution in [3.8, 4) is 0 Å². The van der Waals surface area contributed by atoms with Gasteiger partial charge in [0.25, 0.3) is 0 Å². The minimum atomic E-state index is -1.64. The highest BCUT2D eigenvalue weighted by Gasteiger charge is 2.45. The molecule has 30 nitrogen and oxygen atoms in total. The van der Waals surface area contributed by atoms with Gasteiger partial charge >= 0.3 is 0 Å². The number of guanidine groups is 2. The molecule has 0 saturated carbocycles. The number of primary amides is 1. The van der Waals surface area contributed by atoms with Gasteiger partial charge in [0.1, 0.15) is 42.3 Å². The molecule has 1 unspecified atom stereocenters. The van der Waals surface area contributed by atoms with E-state index in [0.29, 0.717) is 29.7 Å². The molecule has 2 saturated heterocycles. The summed E-state index contributed by atoms with van der Waals surface area (Å²) in [6, 6.07) is 9.81. The first kappa shape index (κ1) is 67.3. The minimum Gasteiger partial charge on any atom is -0.370 e. The number of para-hydroxylation sites is 1. The van der Waals surface area contributed by atoms with Gasteiger partial charge < -0.3 is 81.1 Å². The highest BCUT2D eigenvalue weighted by molar-refractivity contribution is 5.99. The van der Waals surface area contributed by atoms with Gasteiger partial charge in [-0.05, 0) is 66.5 Å². The highest BCUT2D eigenvalue weighted by atomic mass is 16.2. The number of carbonyl (C=O) groups excluding carboxylic acids is 10. The van der Waals surface area contributed by atoms with Crippen LogP contribution in [0, 0.1) is 0 Å². The van der Waals surface area contributed by atoms with Gasteiger partial charge in [-0.15, -0.1) is 5.10 Å². The summed E-state index contributed by atoms with van der Waals surface area (Å²) < 4.78 is 1.47. The van der Waals surface area contributed by atoms with Crippen LogP contribution in [0.2, 0.25) is 0 Å². The molecule has 30 heteroatoms. The number of amides is 10. The third kappa shape index (κ3) is 19.7. The molecule has 8 atom stereocenters. The van der Waals surface area contributed by atoms with Crippen LogP contribution in [0.25, 0.3) is 21.7 Å². The fourth-order valence-electron chi connectivity index (χ4n) is 10.9. The van der Waals surface area contributed by atoms with Crippen LogP contribution in [0.1, 0.15) is 101 Å². The van der Waals surface area contributed by atoms with E-state index in [4.69, 9.17) is 28.7 Å². The third-order valence-electron chi connectivity index (χ3n) is 15.5. The number of fused-ring (bicyclic) bond motifs is 3. The average molecular weight is 1240 g/mol. The van der Waals surface area contributed by atoms with Crippen molar-refractivity contribution in [2.75, 3.05) is 32.7 Å². The predicted molar refractivity (Wildman–Crippen MR) is 334 cm³/mol. The van der Waals surface area contributed by atoms with Crippen LogP contribution in [0.3, 0.4) is 0 Å². The number of hydrogen-bond acceptors (Lipinski definition) is 14. The number of benzene rings is 3. The summed E-state index contributed by atoms with van der Waals surface area (Å²) in [5.41, 5.74) is 30.6. The quantitative estimate of drug-likeness (QED) is 0.0237. The predicted octanol–water partition coefficient (Wildman–Crippen LogP) is -2.18. The Morgan fingerprint density at radius 1 is 0.756 bits per heavy atom. The van der Waals surface area contributed by atoms with E-state index in [1.54, 1.807) is 24.5 Å². The molecule has 0 radical (unpaired) electrons. The first-order valence-electron chi connectivity index (χ1n) is 30.1. The van der Waals surface area contributed by atoms with Crippen molar-refractivity contribution >= 4 is 92.7 Å². The normalized spacial score (nSPS) is 21.5. The number of hydrogen-bond donors (Lipinski definition) is 14. The van der Waals surface area contributed by atoms with Gasteiger partial charge in [-0.25, -0.2) is 4.68 Å². The number of aliphatic imine (C=N–C) groups is 2. The first-order valence-corrected chi connectivity index (χ1v) is 30.1. The lowest BCUT2D eigenvalue weighted by Crippen LogP contribution is -2.60. The summed E-state index contributed by atoms with van der Waals surface area (Å²) in [4.78, 5) is 155. The fourth-order valence-corrected chi connectivity index (χ4v) is 10.9. The number of nitrogens with one attached hydrogen (secondary N) is 9. The second-order valence-electron chi connectivity index (χ2n) is 22.5. The standard InChI is InChI=1S/C60H82N20O10/c1-3-4-15-44(71-34(2)81)54(86)76-48-29-50(82)66-22-10-9-17-43(52(61)84)72-51(83)31-70-53(85)47(27-38-30-69-42-16-8-7-14-41(38)42)74-55(87)45(18-11-23-67-59(62)63)73-56(88)46(26-35-19-20-36-12-5-6-13-37(36)25-35)75-57(89)49-28-40(33-79(49)58(48)90)80-32-39(77-78-80)21-24-68-60(64)65/h5-8,12-14,16,19-20,25,30,32,40,43-49,69H,3-4,9-11,15,17-18,21-24,26-29,31,33H2,1-2H3,(H2,61,84)(H,66,82)(H,70,85)(H,71,81)(H,72,83)(H,73,88)(H,74,87)(H,75,89)(H,76,86)(H4,62,63,67)(H4,64,65,68)/t40-,43+,44?,45+,46-,47+,48+,49+/m1/s1. The lowest BCUT2D eigenvalue weighted by Gasteiger charge is -2.31. The van der Waals surface area contributed by atoms with Crippen LogP contribution in [-0.4, -0.2) is 171 Å². The van der Waals surface area contributed by atoms with Gasteiger partial charge in [0, 0.05) is 82.1 Å². The number of carbonyl (C=O) groups is 10. The molecule has 7 rings (SSSR count). The van der Waals surface area contributed by atoms with Crippen LogP contribution >= 0.6 is 0 Å². The molecule has 0 bridgehead atoms. The van der Waals surface area contributed by atoms with Gasteiger partial charge in [0.15, 0.2) is 11.9 Å². The SMILES string of the molecule is CCCCC(NC(C)=O)C(=O)N[C@H]1CC(=O)NCCCC[C@@H](C(N)=O)NC(=O)CNC(=O)[C@H](Cc2c[nH]c3ccccc23)NC(=O)[C@H](CCCN=C(N)N)NC(=O)[C@@H](Cc2ccc3ccccc3c2)NC(=O)[C@@H]2C[C@@H](n3cc(CCN=C(N)N)nn3)CN2C1=O. The number of aromatic amines is 1. The van der Waals surface area contributed by atoms with E-state index in [-0.39, 0.29) is 102 Å². The molecule has 3 aromatic carbocycles. The second kappa shape index (κ2) is 32.7. The monoisotopic (exact) mass is 1240 g/mol. The Morgan fingerprint density at radius 3 is 2.20 bits per heavy atom. The molecule has 10 amide bonds. The summed E-state index contributed by atoms with van der Waals surface area (Å²) in [7, 11) is 0. The summed E-state index contributed by atoms with van der Waals surface area (Å²) in [6.07, 6.45) is 4.40. The van der Waals surface area contributed by atoms with Crippen molar-refractivity contribution in [2.24, 2.45) is 38.7 Å². The Balaban J connectivity index is 1.30. The van der Waals surface area contributed by atoms with Gasteiger partial charge in [-0.1, -0.05) is 85.6 Å². The lowest BCUT2D eigenvalue weighted by atomic mass is 9.99. The van der Waals surface area contributed by atoms with Crippen molar-refractivity contribution in [3.63, 3.8) is 0 Å². The Morgan fingerprint density at radius 2 is 1.46 bits per heavy atom. The molecule has 482 valence electrons. The Bertz CT molecular complexity index is 3450. The van der Waals surface area contributed by atoms with Crippen molar-refractivity contribution in [1.29, 1.82) is 0 Å². The van der Waals surface area contributed by atoms with Gasteiger partial charge in [-0.3, -0.25) is 57.9 Å². The minimum absolute atomic E-state index is 0.00412. The van der Waals surface area contributed by atoms with E-state index < -0.39 is 120 Å². The van der Waals surface area contributed by atoms with E-state index in [9.17, 15) is 33.6 Å². The molecule has 19 N–H and O–H groups in total. The number of rotatable bonds is 19. The van der Waals surface area contributed by atoms with E-state index in [2.05, 4.69) is 67.8 Å². The maximum Gasteiger partial charge on any atom is 0.246 e. The topological polar surface area (TPSA) is 471 Å².